The number of halogens is 3. The molecule has 0 fully saturated rings. The van der Waals surface area contributed by atoms with Crippen LogP contribution in [0.15, 0.2) is 54.0 Å². The number of aromatic nitrogens is 5. The number of ketones is 1. The lowest BCUT2D eigenvalue weighted by molar-refractivity contribution is -0.137. The molecule has 0 aliphatic heterocycles. The van der Waals surface area contributed by atoms with E-state index in [4.69, 9.17) is 0 Å². The summed E-state index contributed by atoms with van der Waals surface area (Å²) in [7, 11) is 0. The normalized spacial score (nSPS) is 11.9. The van der Waals surface area contributed by atoms with Crippen molar-refractivity contribution in [1.29, 1.82) is 0 Å². The lowest BCUT2D eigenvalue weighted by Gasteiger charge is -2.09. The van der Waals surface area contributed by atoms with Gasteiger partial charge in [0, 0.05) is 30.2 Å². The first kappa shape index (κ1) is 19.2. The first-order chi connectivity index (χ1) is 13.2. The number of allylic oxidation sites excluding steroid dienone is 1. The summed E-state index contributed by atoms with van der Waals surface area (Å²) in [5.74, 6) is -0.281. The number of nitrogens with zero attached hydrogens (tertiary/aromatic N) is 5. The quantitative estimate of drug-likeness (QED) is 0.627. The highest BCUT2D eigenvalue weighted by atomic mass is 19.4. The predicted molar refractivity (Wildman–Crippen MR) is 94.0 cm³/mol. The van der Waals surface area contributed by atoms with Gasteiger partial charge in [-0.15, -0.1) is 5.10 Å². The minimum Gasteiger partial charge on any atom is -0.305 e. The summed E-state index contributed by atoms with van der Waals surface area (Å²) in [6.45, 7) is 1.38. The van der Waals surface area contributed by atoms with Gasteiger partial charge in [0.15, 0.2) is 11.6 Å². The summed E-state index contributed by atoms with van der Waals surface area (Å²) in [5, 5.41) is 4.06. The second kappa shape index (κ2) is 7.59. The standard InChI is InChI=1S/C18H14F3N5O2/c1-12-6-13(8-14(7-12)18(19,20)21)17-23-11-26(24-17)4-2-15(27)10-25-5-3-22-9-16(25)28/h2-9,11H,10H2,1H3/b4-2-. The van der Waals surface area contributed by atoms with Crippen LogP contribution in [0.1, 0.15) is 11.1 Å². The minimum absolute atomic E-state index is 0.0941. The van der Waals surface area contributed by atoms with E-state index in [-0.39, 0.29) is 23.7 Å². The van der Waals surface area contributed by atoms with Gasteiger partial charge < -0.3 is 4.57 Å². The number of benzene rings is 1. The number of aryl methyl sites for hydroxylation is 1. The average Bonchev–Trinajstić information content (AvgIpc) is 3.10. The fraction of sp³-hybridized carbons (Fsp3) is 0.167. The molecule has 10 heteroatoms. The van der Waals surface area contributed by atoms with Gasteiger partial charge >= 0.3 is 6.18 Å². The highest BCUT2D eigenvalue weighted by Crippen LogP contribution is 2.32. The molecule has 0 saturated heterocycles. The van der Waals surface area contributed by atoms with Crippen molar-refractivity contribution < 1.29 is 18.0 Å². The Balaban J connectivity index is 1.77. The second-order valence-corrected chi connectivity index (χ2v) is 5.96. The van der Waals surface area contributed by atoms with Gasteiger partial charge in [0.05, 0.1) is 18.3 Å². The molecule has 3 rings (SSSR count). The zero-order valence-corrected chi connectivity index (χ0v) is 14.6. The molecule has 2 heterocycles. The van der Waals surface area contributed by atoms with E-state index in [1.54, 1.807) is 13.0 Å². The van der Waals surface area contributed by atoms with E-state index < -0.39 is 17.3 Å². The van der Waals surface area contributed by atoms with Crippen molar-refractivity contribution in [1.82, 2.24) is 24.3 Å². The number of carbonyl (C=O) groups excluding carboxylic acids is 1. The van der Waals surface area contributed by atoms with Gasteiger partial charge in [-0.3, -0.25) is 14.6 Å². The molecule has 7 nitrogen and oxygen atoms in total. The van der Waals surface area contributed by atoms with Gasteiger partial charge in [-0.05, 0) is 30.7 Å². The predicted octanol–water partition coefficient (Wildman–Crippen LogP) is 2.57. The van der Waals surface area contributed by atoms with Gasteiger partial charge in [0.2, 0.25) is 0 Å². The van der Waals surface area contributed by atoms with Crippen LogP contribution in [0.5, 0.6) is 0 Å². The van der Waals surface area contributed by atoms with Crippen molar-refractivity contribution in [2.75, 3.05) is 0 Å². The van der Waals surface area contributed by atoms with Crippen LogP contribution in [0.3, 0.4) is 0 Å². The van der Waals surface area contributed by atoms with E-state index in [0.29, 0.717) is 5.56 Å². The van der Waals surface area contributed by atoms with Gasteiger partial charge in [0.25, 0.3) is 5.56 Å². The number of carbonyl (C=O) groups is 1. The third kappa shape index (κ3) is 4.58. The Morgan fingerprint density at radius 3 is 2.75 bits per heavy atom. The summed E-state index contributed by atoms with van der Waals surface area (Å²) in [4.78, 5) is 31.1. The Kier molecular flexibility index (Phi) is 5.21. The largest absolute Gasteiger partial charge is 0.416 e. The lowest BCUT2D eigenvalue weighted by atomic mass is 10.1. The number of rotatable bonds is 5. The molecule has 2 aromatic heterocycles. The van der Waals surface area contributed by atoms with Crippen LogP contribution in [0.4, 0.5) is 13.2 Å². The van der Waals surface area contributed by atoms with Crippen molar-refractivity contribution in [2.45, 2.75) is 19.6 Å². The number of alkyl halides is 3. The molecule has 0 unspecified atom stereocenters. The molecule has 3 aromatic rings. The van der Waals surface area contributed by atoms with Crippen LogP contribution >= 0.6 is 0 Å². The molecular weight excluding hydrogens is 375 g/mol. The Bertz CT molecular complexity index is 1100. The van der Waals surface area contributed by atoms with E-state index >= 15 is 0 Å². The summed E-state index contributed by atoms with van der Waals surface area (Å²) < 4.78 is 41.3. The molecule has 0 spiro atoms. The maximum absolute atomic E-state index is 13.0. The lowest BCUT2D eigenvalue weighted by Crippen LogP contribution is -2.22. The molecular formula is C18H14F3N5O2. The Labute approximate surface area is 156 Å². The van der Waals surface area contributed by atoms with Crippen LogP contribution in [0, 0.1) is 6.92 Å². The second-order valence-electron chi connectivity index (χ2n) is 5.96. The van der Waals surface area contributed by atoms with Gasteiger partial charge in [0.1, 0.15) is 6.33 Å². The molecule has 0 amide bonds. The van der Waals surface area contributed by atoms with Crippen LogP contribution in [0.25, 0.3) is 17.6 Å². The van der Waals surface area contributed by atoms with Crippen molar-refractivity contribution in [3.63, 3.8) is 0 Å². The molecule has 0 aliphatic rings. The molecule has 28 heavy (non-hydrogen) atoms. The summed E-state index contributed by atoms with van der Waals surface area (Å²) in [6.07, 6.45) is 3.18. The van der Waals surface area contributed by atoms with Gasteiger partial charge in [-0.1, -0.05) is 0 Å². The molecule has 0 bridgehead atoms. The first-order valence-corrected chi connectivity index (χ1v) is 8.04. The fourth-order valence-corrected chi connectivity index (χ4v) is 2.44. The smallest absolute Gasteiger partial charge is 0.305 e. The number of hydrogen-bond donors (Lipinski definition) is 0. The maximum atomic E-state index is 13.0. The Morgan fingerprint density at radius 2 is 2.04 bits per heavy atom. The van der Waals surface area contributed by atoms with Crippen molar-refractivity contribution in [2.24, 2.45) is 0 Å². The number of hydrogen-bond acceptors (Lipinski definition) is 5. The Hall–Kier alpha value is -3.56. The molecule has 0 radical (unpaired) electrons. The third-order valence-corrected chi connectivity index (χ3v) is 3.71. The van der Waals surface area contributed by atoms with Crippen LogP contribution in [-0.2, 0) is 17.5 Å². The summed E-state index contributed by atoms with van der Waals surface area (Å²) in [6, 6.07) is 3.55. The first-order valence-electron chi connectivity index (χ1n) is 8.04. The van der Waals surface area contributed by atoms with E-state index in [1.165, 1.54) is 40.2 Å². The molecule has 0 saturated carbocycles. The highest BCUT2D eigenvalue weighted by Gasteiger charge is 2.31. The minimum atomic E-state index is -4.47. The molecule has 0 aliphatic carbocycles. The SMILES string of the molecule is Cc1cc(-c2ncn(/C=C\C(=O)Cn3ccncc3=O)n2)cc(C(F)(F)F)c1. The fourth-order valence-electron chi connectivity index (χ4n) is 2.44. The average molecular weight is 389 g/mol. The van der Waals surface area contributed by atoms with E-state index in [9.17, 15) is 22.8 Å². The highest BCUT2D eigenvalue weighted by molar-refractivity contribution is 5.91. The molecule has 0 N–H and O–H groups in total. The Morgan fingerprint density at radius 1 is 1.25 bits per heavy atom. The van der Waals surface area contributed by atoms with Crippen molar-refractivity contribution in [3.8, 4) is 11.4 Å². The van der Waals surface area contributed by atoms with E-state index in [2.05, 4.69) is 15.1 Å². The summed E-state index contributed by atoms with van der Waals surface area (Å²) >= 11 is 0. The monoisotopic (exact) mass is 389 g/mol. The van der Waals surface area contributed by atoms with Crippen molar-refractivity contribution in [3.05, 3.63) is 70.7 Å². The molecule has 0 atom stereocenters. The molecule has 1 aromatic carbocycles. The zero-order chi connectivity index (χ0) is 20.3. The van der Waals surface area contributed by atoms with Crippen LogP contribution < -0.4 is 5.56 Å². The van der Waals surface area contributed by atoms with E-state index in [1.807, 2.05) is 0 Å². The third-order valence-electron chi connectivity index (χ3n) is 3.71. The molecule has 144 valence electrons. The zero-order valence-electron chi connectivity index (χ0n) is 14.6. The van der Waals surface area contributed by atoms with Crippen LogP contribution in [0.2, 0.25) is 0 Å². The van der Waals surface area contributed by atoms with Crippen LogP contribution in [-0.4, -0.2) is 30.1 Å². The van der Waals surface area contributed by atoms with Gasteiger partial charge in [-0.25, -0.2) is 9.67 Å². The van der Waals surface area contributed by atoms with Gasteiger partial charge in [-0.2, -0.15) is 13.2 Å². The van der Waals surface area contributed by atoms with E-state index in [0.717, 1.165) is 18.3 Å². The van der Waals surface area contributed by atoms with Crippen molar-refractivity contribution >= 4 is 12.0 Å². The maximum Gasteiger partial charge on any atom is 0.416 e. The summed E-state index contributed by atoms with van der Waals surface area (Å²) in [5.41, 5.74) is -0.552. The topological polar surface area (TPSA) is 82.7 Å².